The zero-order chi connectivity index (χ0) is 24.3. The molecule has 3 aromatic rings. The number of hydrogen-bond donors (Lipinski definition) is 1. The summed E-state index contributed by atoms with van der Waals surface area (Å²) >= 11 is 3.12. The number of aliphatic hydroxyl groups excluding tert-OH is 1. The molecule has 2 aliphatic rings. The van der Waals surface area contributed by atoms with Crippen LogP contribution in [0.1, 0.15) is 24.3 Å². The molecule has 0 radical (unpaired) electrons. The second kappa shape index (κ2) is 8.44. The Balaban J connectivity index is 1.54. The fourth-order valence-corrected chi connectivity index (χ4v) is 7.40. The van der Waals surface area contributed by atoms with Gasteiger partial charge in [0.15, 0.2) is 0 Å². The Morgan fingerprint density at radius 3 is 2.82 bits per heavy atom. The van der Waals surface area contributed by atoms with Gasteiger partial charge in [0, 0.05) is 11.5 Å². The molecule has 2 aliphatic heterocycles. The Kier molecular flexibility index (Phi) is 5.70. The summed E-state index contributed by atoms with van der Waals surface area (Å²) in [5.41, 5.74) is 1.64. The van der Waals surface area contributed by atoms with Crippen LogP contribution in [0.2, 0.25) is 0 Å². The summed E-state index contributed by atoms with van der Waals surface area (Å²) in [7, 11) is 1.65. The van der Waals surface area contributed by atoms with E-state index in [2.05, 4.69) is 4.57 Å². The largest absolute Gasteiger partial charge is 0.543 e. The molecule has 1 amide bonds. The molecule has 0 aliphatic carbocycles. The second-order valence-electron chi connectivity index (χ2n) is 8.72. The number of carbonyl (C=O) groups excluding carboxylic acids is 2. The number of rotatable bonds is 7. The molecular weight excluding hydrogens is 474 g/mol. The number of fused-ring (bicyclic) bond motifs is 2. The van der Waals surface area contributed by atoms with E-state index in [-0.39, 0.29) is 23.6 Å². The number of aliphatic hydroxyl groups is 1. The average molecular weight is 500 g/mol. The number of ether oxygens (including phenoxy) is 1. The first-order valence-corrected chi connectivity index (χ1v) is 13.0. The molecule has 5 rings (SSSR count). The van der Waals surface area contributed by atoms with Gasteiger partial charge in [0.25, 0.3) is 6.33 Å². The van der Waals surface area contributed by atoms with Gasteiger partial charge in [0.1, 0.15) is 18.5 Å². The highest BCUT2D eigenvalue weighted by molar-refractivity contribution is 7.98. The molecule has 34 heavy (non-hydrogen) atoms. The molecule has 0 unspecified atom stereocenters. The highest BCUT2D eigenvalue weighted by atomic mass is 32.2. The summed E-state index contributed by atoms with van der Waals surface area (Å²) in [4.78, 5) is 27.8. The third-order valence-corrected chi connectivity index (χ3v) is 8.80. The number of methoxy groups -OCH3 is 1. The van der Waals surface area contributed by atoms with Crippen molar-refractivity contribution < 1.29 is 29.1 Å². The van der Waals surface area contributed by atoms with Crippen LogP contribution >= 0.6 is 23.1 Å². The Hall–Kier alpha value is -2.82. The van der Waals surface area contributed by atoms with E-state index in [4.69, 9.17) is 4.74 Å². The van der Waals surface area contributed by atoms with Crippen molar-refractivity contribution in [2.45, 2.75) is 37.6 Å². The zero-order valence-electron chi connectivity index (χ0n) is 19.2. The number of carbonyl (C=O) groups is 2. The molecule has 10 heteroatoms. The number of β-lactam (4-membered cyclic amide) rings is 1. The summed E-state index contributed by atoms with van der Waals surface area (Å²) < 4.78 is 9.49. The van der Waals surface area contributed by atoms with Crippen molar-refractivity contribution >= 4 is 45.4 Å². The lowest BCUT2D eigenvalue weighted by molar-refractivity contribution is -0.721. The number of nitrogens with zero attached hydrogens (tertiary/aromatic N) is 3. The van der Waals surface area contributed by atoms with E-state index in [9.17, 15) is 19.8 Å². The van der Waals surface area contributed by atoms with Crippen molar-refractivity contribution in [2.75, 3.05) is 13.4 Å². The topological polar surface area (TPSA) is 98.2 Å². The molecule has 0 bridgehead atoms. The molecule has 0 spiro atoms. The molecule has 1 fully saturated rings. The van der Waals surface area contributed by atoms with Crippen molar-refractivity contribution in [3.8, 4) is 5.75 Å². The number of amides is 1. The van der Waals surface area contributed by atoms with Crippen LogP contribution in [0.3, 0.4) is 0 Å². The predicted octanol–water partition coefficient (Wildman–Crippen LogP) is 1.39. The highest BCUT2D eigenvalue weighted by Gasteiger charge is 2.59. The Labute approximate surface area is 205 Å². The van der Waals surface area contributed by atoms with E-state index in [0.29, 0.717) is 12.1 Å². The van der Waals surface area contributed by atoms with Crippen LogP contribution in [-0.2, 0) is 16.1 Å². The van der Waals surface area contributed by atoms with E-state index in [1.807, 2.05) is 54.4 Å². The van der Waals surface area contributed by atoms with Crippen molar-refractivity contribution in [1.29, 1.82) is 0 Å². The molecule has 1 N–H and O–H groups in total. The Morgan fingerprint density at radius 1 is 1.41 bits per heavy atom. The molecule has 8 nitrogen and oxygen atoms in total. The summed E-state index contributed by atoms with van der Waals surface area (Å²) in [6.45, 7) is 4.16. The molecular formula is C24H25N3O5S2. The number of benzene rings is 1. The van der Waals surface area contributed by atoms with Gasteiger partial charge in [0.05, 0.1) is 41.7 Å². The summed E-state index contributed by atoms with van der Waals surface area (Å²) in [6, 6.07) is 7.56. The minimum atomic E-state index is -1.36. The lowest BCUT2D eigenvalue weighted by atomic mass is 9.77. The zero-order valence-corrected chi connectivity index (χ0v) is 20.9. The van der Waals surface area contributed by atoms with Crippen molar-refractivity contribution in [1.82, 2.24) is 9.30 Å². The first-order chi connectivity index (χ1) is 16.3. The quantitative estimate of drug-likeness (QED) is 0.300. The van der Waals surface area contributed by atoms with Crippen LogP contribution in [0.4, 0.5) is 0 Å². The summed E-state index contributed by atoms with van der Waals surface area (Å²) in [5, 5.41) is 23.2. The number of hydrogen-bond acceptors (Lipinski definition) is 7. The number of carboxylic acid groups (broad SMARTS) is 1. The molecule has 4 heterocycles. The van der Waals surface area contributed by atoms with Crippen LogP contribution in [0.5, 0.6) is 5.75 Å². The van der Waals surface area contributed by atoms with Gasteiger partial charge < -0.3 is 24.6 Å². The number of aromatic nitrogens is 2. The second-order valence-corrected chi connectivity index (χ2v) is 10.5. The average Bonchev–Trinajstić information content (AvgIpc) is 3.40. The Morgan fingerprint density at radius 2 is 2.18 bits per heavy atom. The first kappa shape index (κ1) is 22.9. The molecule has 2 aromatic heterocycles. The maximum Gasteiger partial charge on any atom is 0.250 e. The standard InChI is InChI=1S/C24H25N3O5S2/c1-12-17(20(24(30)31)27-19(12)18(13(2)28)21(27)29)16-10-26-11-25(22(33-4)23(26)34-16)9-14-6-5-7-15(8-14)32-3/h5-8,10-13,18-19,28H,9H2,1-4H3/t12-,13+,18+,19+/m0/s1. The van der Waals surface area contributed by atoms with Gasteiger partial charge in [0.2, 0.25) is 15.8 Å². The fourth-order valence-electron chi connectivity index (χ4n) is 5.23. The van der Waals surface area contributed by atoms with E-state index in [0.717, 1.165) is 26.0 Å². The van der Waals surface area contributed by atoms with Gasteiger partial charge in [-0.25, -0.2) is 4.57 Å². The highest BCUT2D eigenvalue weighted by Crippen LogP contribution is 2.51. The lowest BCUT2D eigenvalue weighted by Crippen LogP contribution is -2.64. The van der Waals surface area contributed by atoms with Crippen LogP contribution in [0.15, 0.2) is 47.5 Å². The SMILES string of the molecule is COc1cccc(C[n+]2cn3cc(C4=C(C(=O)[O-])N5C(=O)[C@H]([C@@H](C)O)[C@H]5[C@H]4C)sc3c2SC)c1. The molecule has 1 saturated heterocycles. The van der Waals surface area contributed by atoms with Gasteiger partial charge in [-0.2, -0.15) is 4.40 Å². The monoisotopic (exact) mass is 499 g/mol. The number of carboxylic acids is 1. The number of thiazole rings is 1. The van der Waals surface area contributed by atoms with Crippen molar-refractivity contribution in [3.05, 3.63) is 52.9 Å². The first-order valence-electron chi connectivity index (χ1n) is 10.9. The van der Waals surface area contributed by atoms with Gasteiger partial charge in [-0.1, -0.05) is 42.2 Å². The predicted molar refractivity (Wildman–Crippen MR) is 126 cm³/mol. The molecule has 4 atom stereocenters. The van der Waals surface area contributed by atoms with Crippen LogP contribution in [-0.4, -0.2) is 51.8 Å². The fraction of sp³-hybridized carbons (Fsp3) is 0.375. The summed E-state index contributed by atoms with van der Waals surface area (Å²) in [6.07, 6.45) is 5.09. The van der Waals surface area contributed by atoms with Crippen LogP contribution in [0, 0.1) is 11.8 Å². The lowest BCUT2D eigenvalue weighted by Gasteiger charge is -2.47. The van der Waals surface area contributed by atoms with Gasteiger partial charge in [-0.15, -0.1) is 0 Å². The third kappa shape index (κ3) is 3.35. The van der Waals surface area contributed by atoms with Crippen molar-refractivity contribution in [2.24, 2.45) is 11.8 Å². The normalized spacial score (nSPS) is 22.8. The van der Waals surface area contributed by atoms with E-state index >= 15 is 0 Å². The van der Waals surface area contributed by atoms with E-state index in [1.165, 1.54) is 16.2 Å². The van der Waals surface area contributed by atoms with Gasteiger partial charge in [-0.3, -0.25) is 4.79 Å². The van der Waals surface area contributed by atoms with Crippen LogP contribution < -0.4 is 14.4 Å². The molecule has 0 saturated carbocycles. The van der Waals surface area contributed by atoms with Crippen molar-refractivity contribution in [3.63, 3.8) is 0 Å². The van der Waals surface area contributed by atoms with Gasteiger partial charge in [-0.05, 0) is 30.9 Å². The maximum absolute atomic E-state index is 12.6. The maximum atomic E-state index is 12.6. The molecule has 1 aromatic carbocycles. The smallest absolute Gasteiger partial charge is 0.250 e. The number of imidazole rings is 1. The van der Waals surface area contributed by atoms with E-state index in [1.54, 1.807) is 25.8 Å². The van der Waals surface area contributed by atoms with E-state index < -0.39 is 18.0 Å². The minimum absolute atomic E-state index is 0.0705. The Bertz CT molecular complexity index is 1340. The number of thioether (sulfide) groups is 1. The summed E-state index contributed by atoms with van der Waals surface area (Å²) in [5.74, 6) is -1.74. The molecule has 178 valence electrons. The number of aliphatic carboxylic acids is 1. The van der Waals surface area contributed by atoms with Gasteiger partial charge >= 0.3 is 0 Å². The third-order valence-electron chi connectivity index (χ3n) is 6.72. The van der Waals surface area contributed by atoms with Crippen LogP contribution in [0.25, 0.3) is 10.4 Å². The minimum Gasteiger partial charge on any atom is -0.543 e.